The molecule has 3 aromatic rings. The van der Waals surface area contributed by atoms with Crippen molar-refractivity contribution < 1.29 is 18.0 Å². The number of nitrogens with zero attached hydrogens (tertiary/aromatic N) is 2. The summed E-state index contributed by atoms with van der Waals surface area (Å²) in [6, 6.07) is 6.03. The minimum Gasteiger partial charge on any atom is -0.319 e. The van der Waals surface area contributed by atoms with Crippen LogP contribution in [0.2, 0.25) is 0 Å². The van der Waals surface area contributed by atoms with Crippen molar-refractivity contribution in [1.29, 1.82) is 0 Å². The molecular weight excluding hydrogens is 371 g/mol. The molecule has 0 spiro atoms. The van der Waals surface area contributed by atoms with E-state index in [2.05, 4.69) is 10.3 Å². The second-order valence-corrected chi connectivity index (χ2v) is 6.70. The van der Waals surface area contributed by atoms with Gasteiger partial charge in [0.2, 0.25) is 0 Å². The molecule has 0 unspecified atom stereocenters. The molecule has 144 valence electrons. The van der Waals surface area contributed by atoms with Gasteiger partial charge in [-0.05, 0) is 43.2 Å². The average molecular weight is 387 g/mol. The zero-order valence-corrected chi connectivity index (χ0v) is 14.8. The van der Waals surface area contributed by atoms with Gasteiger partial charge in [0.25, 0.3) is 11.5 Å². The van der Waals surface area contributed by atoms with E-state index in [1.54, 1.807) is 4.57 Å². The molecule has 1 aromatic heterocycles. The molecule has 5 nitrogen and oxygen atoms in total. The van der Waals surface area contributed by atoms with E-state index in [-0.39, 0.29) is 11.1 Å². The van der Waals surface area contributed by atoms with Crippen LogP contribution in [0.15, 0.2) is 35.1 Å². The number of fused-ring (bicyclic) bond motifs is 2. The Bertz CT molecular complexity index is 1160. The number of hydrogen-bond acceptors (Lipinski definition) is 3. The van der Waals surface area contributed by atoms with Crippen molar-refractivity contribution in [1.82, 2.24) is 9.55 Å². The normalized spacial score (nSPS) is 13.8. The van der Waals surface area contributed by atoms with Crippen LogP contribution in [0.3, 0.4) is 0 Å². The van der Waals surface area contributed by atoms with Crippen LogP contribution in [0.4, 0.5) is 18.9 Å². The fourth-order valence-electron chi connectivity index (χ4n) is 3.38. The predicted molar refractivity (Wildman–Crippen MR) is 97.8 cm³/mol. The Balaban J connectivity index is 1.71. The largest absolute Gasteiger partial charge is 0.319 e. The summed E-state index contributed by atoms with van der Waals surface area (Å²) >= 11 is 0. The Morgan fingerprint density at radius 1 is 1.04 bits per heavy atom. The van der Waals surface area contributed by atoms with Crippen LogP contribution in [0.5, 0.6) is 0 Å². The molecular formula is C20H16F3N3O2. The standard InChI is InChI=1S/C20H16F3N3O2/c21-13-7-8-14(18(23)17(13)22)25-19(27)11-5-6-12-15(10-11)24-16-4-2-1-3-9-26(16)20(12)28/h5-8,10H,1-4,9H2,(H,25,27). The summed E-state index contributed by atoms with van der Waals surface area (Å²) in [4.78, 5) is 29.7. The summed E-state index contributed by atoms with van der Waals surface area (Å²) in [5, 5.41) is 2.60. The Hall–Kier alpha value is -3.16. The van der Waals surface area contributed by atoms with E-state index in [0.717, 1.165) is 31.4 Å². The first-order valence-electron chi connectivity index (χ1n) is 8.94. The van der Waals surface area contributed by atoms with E-state index in [9.17, 15) is 22.8 Å². The summed E-state index contributed by atoms with van der Waals surface area (Å²) in [7, 11) is 0. The number of nitrogens with one attached hydrogen (secondary N) is 1. The lowest BCUT2D eigenvalue weighted by atomic mass is 10.1. The molecule has 1 N–H and O–H groups in total. The highest BCUT2D eigenvalue weighted by Gasteiger charge is 2.18. The summed E-state index contributed by atoms with van der Waals surface area (Å²) in [6.45, 7) is 0.620. The lowest BCUT2D eigenvalue weighted by molar-refractivity contribution is 0.102. The Labute approximate surface area is 157 Å². The van der Waals surface area contributed by atoms with Gasteiger partial charge >= 0.3 is 0 Å². The van der Waals surface area contributed by atoms with E-state index in [0.29, 0.717) is 29.7 Å². The number of anilines is 1. The summed E-state index contributed by atoms with van der Waals surface area (Å²) in [5.41, 5.74) is -0.127. The van der Waals surface area contributed by atoms with Crippen molar-refractivity contribution >= 4 is 22.5 Å². The molecule has 8 heteroatoms. The topological polar surface area (TPSA) is 64.0 Å². The lowest BCUT2D eigenvalue weighted by Crippen LogP contribution is -2.24. The number of rotatable bonds is 2. The highest BCUT2D eigenvalue weighted by molar-refractivity contribution is 6.06. The lowest BCUT2D eigenvalue weighted by Gasteiger charge is -2.11. The Morgan fingerprint density at radius 3 is 2.68 bits per heavy atom. The van der Waals surface area contributed by atoms with Crippen LogP contribution in [0, 0.1) is 17.5 Å². The molecule has 0 saturated carbocycles. The third-order valence-corrected chi connectivity index (χ3v) is 4.86. The number of amides is 1. The van der Waals surface area contributed by atoms with Crippen molar-refractivity contribution in [3.8, 4) is 0 Å². The highest BCUT2D eigenvalue weighted by atomic mass is 19.2. The molecule has 1 aliphatic rings. The summed E-state index contributed by atoms with van der Waals surface area (Å²) in [6.07, 6.45) is 3.56. The first-order chi connectivity index (χ1) is 13.5. The number of aromatic nitrogens is 2. The average Bonchev–Trinajstić information content (AvgIpc) is 2.94. The monoisotopic (exact) mass is 387 g/mol. The van der Waals surface area contributed by atoms with Gasteiger partial charge in [0, 0.05) is 18.5 Å². The second-order valence-electron chi connectivity index (χ2n) is 6.70. The molecule has 0 atom stereocenters. The fourth-order valence-corrected chi connectivity index (χ4v) is 3.38. The van der Waals surface area contributed by atoms with Gasteiger partial charge in [-0.25, -0.2) is 18.2 Å². The van der Waals surface area contributed by atoms with Crippen molar-refractivity contribution in [2.24, 2.45) is 0 Å². The molecule has 0 aliphatic carbocycles. The molecule has 0 fully saturated rings. The van der Waals surface area contributed by atoms with E-state index < -0.39 is 29.0 Å². The van der Waals surface area contributed by atoms with Crippen LogP contribution in [-0.2, 0) is 13.0 Å². The van der Waals surface area contributed by atoms with Crippen LogP contribution in [0.25, 0.3) is 10.9 Å². The molecule has 0 bridgehead atoms. The molecule has 1 amide bonds. The summed E-state index contributed by atoms with van der Waals surface area (Å²) < 4.78 is 41.8. The molecule has 2 heterocycles. The number of carbonyl (C=O) groups excluding carboxylic acids is 1. The van der Waals surface area contributed by atoms with Crippen molar-refractivity contribution in [2.75, 3.05) is 5.32 Å². The van der Waals surface area contributed by atoms with E-state index in [4.69, 9.17) is 0 Å². The fraction of sp³-hybridized carbons (Fsp3) is 0.250. The van der Waals surface area contributed by atoms with Gasteiger partial charge in [-0.15, -0.1) is 0 Å². The quantitative estimate of drug-likeness (QED) is 0.681. The van der Waals surface area contributed by atoms with Crippen LogP contribution >= 0.6 is 0 Å². The molecule has 2 aromatic carbocycles. The third-order valence-electron chi connectivity index (χ3n) is 4.86. The minimum absolute atomic E-state index is 0.127. The first-order valence-corrected chi connectivity index (χ1v) is 8.94. The van der Waals surface area contributed by atoms with Crippen LogP contribution in [-0.4, -0.2) is 15.5 Å². The molecule has 1 aliphatic heterocycles. The SMILES string of the molecule is O=C(Nc1ccc(F)c(F)c1F)c1ccc2c(=O)n3c(nc2c1)CCCCC3. The van der Waals surface area contributed by atoms with E-state index in [1.807, 2.05) is 0 Å². The Morgan fingerprint density at radius 2 is 1.86 bits per heavy atom. The predicted octanol–water partition coefficient (Wildman–Crippen LogP) is 3.79. The number of halogens is 3. The van der Waals surface area contributed by atoms with Gasteiger partial charge in [-0.3, -0.25) is 14.2 Å². The van der Waals surface area contributed by atoms with Crippen molar-refractivity contribution in [3.05, 3.63) is 69.5 Å². The van der Waals surface area contributed by atoms with E-state index >= 15 is 0 Å². The molecule has 4 rings (SSSR count). The first kappa shape index (κ1) is 18.2. The minimum atomic E-state index is -1.66. The van der Waals surface area contributed by atoms with Crippen molar-refractivity contribution in [3.63, 3.8) is 0 Å². The van der Waals surface area contributed by atoms with E-state index in [1.165, 1.54) is 18.2 Å². The smallest absolute Gasteiger partial charge is 0.261 e. The van der Waals surface area contributed by atoms with Crippen LogP contribution in [0.1, 0.15) is 35.4 Å². The van der Waals surface area contributed by atoms with Crippen LogP contribution < -0.4 is 10.9 Å². The maximum absolute atomic E-state index is 13.8. The molecule has 0 saturated heterocycles. The Kier molecular flexibility index (Phi) is 4.62. The van der Waals surface area contributed by atoms with Crippen molar-refractivity contribution in [2.45, 2.75) is 32.2 Å². The van der Waals surface area contributed by atoms with Gasteiger partial charge < -0.3 is 5.32 Å². The van der Waals surface area contributed by atoms with Gasteiger partial charge in [0.15, 0.2) is 17.5 Å². The number of aryl methyl sites for hydroxylation is 1. The second kappa shape index (κ2) is 7.10. The maximum Gasteiger partial charge on any atom is 0.261 e. The van der Waals surface area contributed by atoms with Gasteiger partial charge in [0.1, 0.15) is 5.82 Å². The van der Waals surface area contributed by atoms with Gasteiger partial charge in [-0.2, -0.15) is 0 Å². The van der Waals surface area contributed by atoms with Gasteiger partial charge in [0.05, 0.1) is 16.6 Å². The zero-order valence-electron chi connectivity index (χ0n) is 14.8. The number of benzene rings is 2. The number of carbonyl (C=O) groups is 1. The number of hydrogen-bond donors (Lipinski definition) is 1. The zero-order chi connectivity index (χ0) is 19.8. The molecule has 0 radical (unpaired) electrons. The molecule has 28 heavy (non-hydrogen) atoms. The highest BCUT2D eigenvalue weighted by Crippen LogP contribution is 2.21. The third kappa shape index (κ3) is 3.15. The summed E-state index contributed by atoms with van der Waals surface area (Å²) in [5.74, 6) is -4.51. The maximum atomic E-state index is 13.8. The van der Waals surface area contributed by atoms with Gasteiger partial charge in [-0.1, -0.05) is 6.42 Å².